The van der Waals surface area contributed by atoms with E-state index in [0.29, 0.717) is 0 Å². The van der Waals surface area contributed by atoms with Gasteiger partial charge < -0.3 is 10.6 Å². The van der Waals surface area contributed by atoms with Crippen LogP contribution >= 0.6 is 0 Å². The lowest BCUT2D eigenvalue weighted by atomic mass is 10.4. The summed E-state index contributed by atoms with van der Waals surface area (Å²) < 4.78 is 0. The molecule has 1 aromatic rings. The molecule has 13 heavy (non-hydrogen) atoms. The molecule has 0 saturated carbocycles. The second kappa shape index (κ2) is 5.48. The maximum absolute atomic E-state index is 4.36. The molecule has 2 N–H and O–H groups in total. The molecule has 1 heterocycles. The molecule has 0 amide bonds. The summed E-state index contributed by atoms with van der Waals surface area (Å²) in [6, 6.07) is 0. The van der Waals surface area contributed by atoms with Crippen LogP contribution in [0.15, 0.2) is 12.4 Å². The number of nitrogens with one attached hydrogen (secondary N) is 2. The average molecular weight is 180 g/mol. The van der Waals surface area contributed by atoms with Gasteiger partial charge in [0.05, 0.1) is 11.9 Å². The summed E-state index contributed by atoms with van der Waals surface area (Å²) in [7, 11) is 0. The van der Waals surface area contributed by atoms with E-state index in [1.807, 2.05) is 6.92 Å². The molecule has 0 aliphatic heterocycles. The molecule has 0 fully saturated rings. The molecule has 0 spiro atoms. The second-order valence-electron chi connectivity index (χ2n) is 2.71. The monoisotopic (exact) mass is 180 g/mol. The fourth-order valence-corrected chi connectivity index (χ4v) is 1.01. The molecule has 0 bridgehead atoms. The van der Waals surface area contributed by atoms with Crippen molar-refractivity contribution in [2.24, 2.45) is 0 Å². The highest BCUT2D eigenvalue weighted by Gasteiger charge is 1.95. The Balaban J connectivity index is 2.56. The lowest BCUT2D eigenvalue weighted by Crippen LogP contribution is -2.13. The Morgan fingerprint density at radius 1 is 1.23 bits per heavy atom. The van der Waals surface area contributed by atoms with Crippen molar-refractivity contribution in [3.8, 4) is 0 Å². The van der Waals surface area contributed by atoms with E-state index in [1.165, 1.54) is 0 Å². The summed E-state index contributed by atoms with van der Waals surface area (Å²) in [4.78, 5) is 8.46. The third-order valence-corrected chi connectivity index (χ3v) is 1.60. The van der Waals surface area contributed by atoms with Gasteiger partial charge in [-0.3, -0.25) is 4.98 Å². The molecule has 1 aromatic heterocycles. The Labute approximate surface area is 78.8 Å². The van der Waals surface area contributed by atoms with Crippen LogP contribution in [0.1, 0.15) is 19.5 Å². The van der Waals surface area contributed by atoms with Crippen LogP contribution in [0.2, 0.25) is 0 Å². The first-order chi connectivity index (χ1) is 6.36. The third-order valence-electron chi connectivity index (χ3n) is 1.60. The van der Waals surface area contributed by atoms with Gasteiger partial charge in [0.15, 0.2) is 0 Å². The summed E-state index contributed by atoms with van der Waals surface area (Å²) in [5, 5.41) is 6.33. The van der Waals surface area contributed by atoms with Gasteiger partial charge in [0.1, 0.15) is 5.82 Å². The highest BCUT2D eigenvalue weighted by molar-refractivity contribution is 5.31. The van der Waals surface area contributed by atoms with E-state index in [0.717, 1.165) is 31.1 Å². The quantitative estimate of drug-likeness (QED) is 0.710. The highest BCUT2D eigenvalue weighted by atomic mass is 15.0. The van der Waals surface area contributed by atoms with Gasteiger partial charge in [0, 0.05) is 19.3 Å². The van der Waals surface area contributed by atoms with Crippen molar-refractivity contribution in [1.82, 2.24) is 15.3 Å². The van der Waals surface area contributed by atoms with Gasteiger partial charge in [0.25, 0.3) is 0 Å². The zero-order valence-corrected chi connectivity index (χ0v) is 8.17. The van der Waals surface area contributed by atoms with Crippen LogP contribution in [0.25, 0.3) is 0 Å². The Morgan fingerprint density at radius 2 is 2.08 bits per heavy atom. The average Bonchev–Trinajstić information content (AvgIpc) is 2.16. The van der Waals surface area contributed by atoms with Crippen LogP contribution in [-0.4, -0.2) is 23.1 Å². The van der Waals surface area contributed by atoms with E-state index in [2.05, 4.69) is 27.5 Å². The molecule has 1 rings (SSSR count). The van der Waals surface area contributed by atoms with Gasteiger partial charge >= 0.3 is 0 Å². The van der Waals surface area contributed by atoms with Gasteiger partial charge in [0.2, 0.25) is 0 Å². The third kappa shape index (κ3) is 3.38. The Bertz CT molecular complexity index is 249. The summed E-state index contributed by atoms with van der Waals surface area (Å²) in [5.74, 6) is 0.845. The Hall–Kier alpha value is -1.16. The van der Waals surface area contributed by atoms with Gasteiger partial charge in [-0.15, -0.1) is 0 Å². The topological polar surface area (TPSA) is 49.8 Å². The first kappa shape index (κ1) is 9.92. The molecule has 4 nitrogen and oxygen atoms in total. The van der Waals surface area contributed by atoms with E-state index in [1.54, 1.807) is 12.4 Å². The maximum atomic E-state index is 4.36. The SMILES string of the molecule is CCNCc1cncc(NCC)n1. The number of rotatable bonds is 5. The summed E-state index contributed by atoms with van der Waals surface area (Å²) in [6.07, 6.45) is 3.52. The standard InChI is InChI=1S/C9H16N4/c1-3-10-5-8-6-11-7-9(13-8)12-4-2/h6-7,10H,3-5H2,1-2H3,(H,12,13). The molecule has 72 valence electrons. The molecule has 4 heteroatoms. The Kier molecular flexibility index (Phi) is 4.18. The maximum Gasteiger partial charge on any atom is 0.144 e. The van der Waals surface area contributed by atoms with Gasteiger partial charge in [-0.05, 0) is 13.5 Å². The van der Waals surface area contributed by atoms with Crippen molar-refractivity contribution in [3.05, 3.63) is 18.1 Å². The zero-order valence-electron chi connectivity index (χ0n) is 8.17. The molecule has 0 atom stereocenters. The molecule has 0 unspecified atom stereocenters. The van der Waals surface area contributed by atoms with Crippen molar-refractivity contribution in [2.45, 2.75) is 20.4 Å². The van der Waals surface area contributed by atoms with Crippen molar-refractivity contribution in [3.63, 3.8) is 0 Å². The molecule has 0 radical (unpaired) electrons. The lowest BCUT2D eigenvalue weighted by molar-refractivity contribution is 0.707. The normalized spacial score (nSPS) is 10.0. The van der Waals surface area contributed by atoms with Crippen LogP contribution < -0.4 is 10.6 Å². The van der Waals surface area contributed by atoms with Gasteiger partial charge in [-0.2, -0.15) is 0 Å². The van der Waals surface area contributed by atoms with Crippen LogP contribution in [-0.2, 0) is 6.54 Å². The molecule has 0 aliphatic carbocycles. The van der Waals surface area contributed by atoms with E-state index < -0.39 is 0 Å². The lowest BCUT2D eigenvalue weighted by Gasteiger charge is -2.04. The van der Waals surface area contributed by atoms with Gasteiger partial charge in [-0.25, -0.2) is 4.98 Å². The first-order valence-corrected chi connectivity index (χ1v) is 4.62. The van der Waals surface area contributed by atoms with Gasteiger partial charge in [-0.1, -0.05) is 6.92 Å². The molecule has 0 aromatic carbocycles. The van der Waals surface area contributed by atoms with E-state index >= 15 is 0 Å². The summed E-state index contributed by atoms with van der Waals surface area (Å²) >= 11 is 0. The minimum absolute atomic E-state index is 0.780. The fourth-order valence-electron chi connectivity index (χ4n) is 1.01. The predicted molar refractivity (Wildman–Crippen MR) is 53.6 cm³/mol. The predicted octanol–water partition coefficient (Wildman–Crippen LogP) is 1.02. The minimum Gasteiger partial charge on any atom is -0.369 e. The van der Waals surface area contributed by atoms with Crippen molar-refractivity contribution < 1.29 is 0 Å². The second-order valence-corrected chi connectivity index (χ2v) is 2.71. The van der Waals surface area contributed by atoms with Crippen LogP contribution in [0, 0.1) is 0 Å². The van der Waals surface area contributed by atoms with Crippen molar-refractivity contribution in [2.75, 3.05) is 18.4 Å². The zero-order chi connectivity index (χ0) is 9.52. The van der Waals surface area contributed by atoms with Crippen LogP contribution in [0.4, 0.5) is 5.82 Å². The fraction of sp³-hybridized carbons (Fsp3) is 0.556. The molecule has 0 aliphatic rings. The summed E-state index contributed by atoms with van der Waals surface area (Å²) in [5.41, 5.74) is 0.973. The van der Waals surface area contributed by atoms with Crippen LogP contribution in [0.3, 0.4) is 0 Å². The Morgan fingerprint density at radius 3 is 2.77 bits per heavy atom. The number of hydrogen-bond donors (Lipinski definition) is 2. The largest absolute Gasteiger partial charge is 0.369 e. The van der Waals surface area contributed by atoms with E-state index in [-0.39, 0.29) is 0 Å². The van der Waals surface area contributed by atoms with E-state index in [9.17, 15) is 0 Å². The number of nitrogens with zero attached hydrogens (tertiary/aromatic N) is 2. The summed E-state index contributed by atoms with van der Waals surface area (Å²) in [6.45, 7) is 6.72. The van der Waals surface area contributed by atoms with E-state index in [4.69, 9.17) is 0 Å². The molecule has 0 saturated heterocycles. The number of hydrogen-bond acceptors (Lipinski definition) is 4. The number of anilines is 1. The van der Waals surface area contributed by atoms with Crippen molar-refractivity contribution >= 4 is 5.82 Å². The highest BCUT2D eigenvalue weighted by Crippen LogP contribution is 2.00. The van der Waals surface area contributed by atoms with Crippen LogP contribution in [0.5, 0.6) is 0 Å². The smallest absolute Gasteiger partial charge is 0.144 e. The minimum atomic E-state index is 0.780. The first-order valence-electron chi connectivity index (χ1n) is 4.62. The van der Waals surface area contributed by atoms with Crippen molar-refractivity contribution in [1.29, 1.82) is 0 Å². The molecular formula is C9H16N4. The number of aromatic nitrogens is 2. The molecular weight excluding hydrogens is 164 g/mol.